The van der Waals surface area contributed by atoms with E-state index in [0.717, 1.165) is 11.1 Å². The summed E-state index contributed by atoms with van der Waals surface area (Å²) in [6.07, 6.45) is 2.59. The van der Waals surface area contributed by atoms with E-state index in [4.69, 9.17) is 9.47 Å². The van der Waals surface area contributed by atoms with Gasteiger partial charge in [-0.25, -0.2) is 0 Å². The minimum atomic E-state index is -0.411. The topological polar surface area (TPSA) is 111 Å². The van der Waals surface area contributed by atoms with E-state index >= 15 is 0 Å². The monoisotopic (exact) mass is 570 g/mol. The number of carbonyl (C=O) groups excluding carboxylic acids is 4. The van der Waals surface area contributed by atoms with Crippen LogP contribution in [0.1, 0.15) is 36.1 Å². The second-order valence-corrected chi connectivity index (χ2v) is 10.7. The zero-order valence-electron chi connectivity index (χ0n) is 23.3. The smallest absolute Gasteiger partial charge is 0.258 e. The van der Waals surface area contributed by atoms with Gasteiger partial charge in [0, 0.05) is 17.6 Å². The summed E-state index contributed by atoms with van der Waals surface area (Å²) in [5, 5.41) is 4.49. The highest BCUT2D eigenvalue weighted by Crippen LogP contribution is 2.35. The molecule has 0 bridgehead atoms. The quantitative estimate of drug-likeness (QED) is 0.264. The molecule has 2 aliphatic rings. The lowest BCUT2D eigenvalue weighted by atomic mass is 9.78. The lowest BCUT2D eigenvalue weighted by molar-refractivity contribution is -0.124. The molecule has 0 saturated carbocycles. The molecule has 2 N–H and O–H groups in total. The minimum absolute atomic E-state index is 0.291. The van der Waals surface area contributed by atoms with Crippen LogP contribution in [0.15, 0.2) is 109 Å². The average Bonchev–Trinajstić information content (AvgIpc) is 3.53. The Labute approximate surface area is 247 Å². The Bertz CT molecular complexity index is 1680. The summed E-state index contributed by atoms with van der Waals surface area (Å²) in [5.74, 6) is 0.943. The number of benzene rings is 4. The van der Waals surface area contributed by atoms with Crippen molar-refractivity contribution in [3.8, 4) is 23.0 Å². The second-order valence-electron chi connectivity index (χ2n) is 10.7. The fourth-order valence-corrected chi connectivity index (χ4v) is 4.98. The maximum Gasteiger partial charge on any atom is 0.258 e. The van der Waals surface area contributed by atoms with Gasteiger partial charge in [0.2, 0.25) is 0 Å². The normalized spacial score (nSPS) is 14.7. The first-order valence-electron chi connectivity index (χ1n) is 13.6. The van der Waals surface area contributed by atoms with E-state index in [1.165, 1.54) is 12.2 Å². The fraction of sp³-hybridized carbons (Fsp3) is 0.0857. The van der Waals surface area contributed by atoms with Crippen LogP contribution in [0.25, 0.3) is 11.1 Å². The van der Waals surface area contributed by atoms with Crippen molar-refractivity contribution in [2.45, 2.75) is 19.3 Å². The third kappa shape index (κ3) is 5.71. The van der Waals surface area contributed by atoms with Crippen molar-refractivity contribution >= 4 is 34.8 Å². The van der Waals surface area contributed by atoms with Gasteiger partial charge in [-0.1, -0.05) is 62.4 Å². The molecule has 0 fully saturated rings. The van der Waals surface area contributed by atoms with Gasteiger partial charge in [-0.05, 0) is 70.8 Å². The molecule has 8 heteroatoms. The lowest BCUT2D eigenvalue weighted by Gasteiger charge is -2.26. The number of nitrogens with one attached hydrogen (secondary N) is 2. The Balaban J connectivity index is 1.09. The summed E-state index contributed by atoms with van der Waals surface area (Å²) >= 11 is 0. The Hall–Kier alpha value is -5.76. The summed E-state index contributed by atoms with van der Waals surface area (Å²) in [7, 11) is 0. The van der Waals surface area contributed by atoms with Crippen molar-refractivity contribution in [1.29, 1.82) is 0 Å². The molecule has 43 heavy (non-hydrogen) atoms. The van der Waals surface area contributed by atoms with Crippen LogP contribution in [0.5, 0.6) is 23.0 Å². The minimum Gasteiger partial charge on any atom is -0.457 e. The average molecular weight is 571 g/mol. The Morgan fingerprint density at radius 3 is 1.05 bits per heavy atom. The molecular weight excluding hydrogens is 544 g/mol. The number of carbonyl (C=O) groups is 4. The SMILES string of the molecule is CC(C)(c1ccc(Oc2ccc(C3=CC(=O)NC3=O)cc2)cc1)c1ccc(Oc2ccc(C3=CC(=O)NC3=O)cc2)cc1. The first-order chi connectivity index (χ1) is 20.7. The maximum atomic E-state index is 11.9. The molecule has 6 rings (SSSR count). The second kappa shape index (κ2) is 10.9. The molecule has 4 aromatic carbocycles. The van der Waals surface area contributed by atoms with Gasteiger partial charge in [0.05, 0.1) is 11.1 Å². The molecule has 2 heterocycles. The lowest BCUT2D eigenvalue weighted by Crippen LogP contribution is -2.21. The summed E-state index contributed by atoms with van der Waals surface area (Å²) in [6, 6.07) is 29.8. The van der Waals surface area contributed by atoms with E-state index in [2.05, 4.69) is 24.5 Å². The van der Waals surface area contributed by atoms with Crippen LogP contribution < -0.4 is 20.1 Å². The molecule has 212 valence electrons. The molecule has 8 nitrogen and oxygen atoms in total. The zero-order valence-corrected chi connectivity index (χ0v) is 23.3. The van der Waals surface area contributed by atoms with Crippen molar-refractivity contribution in [2.75, 3.05) is 0 Å². The predicted octanol–water partition coefficient (Wildman–Crippen LogP) is 5.68. The van der Waals surface area contributed by atoms with E-state index < -0.39 is 23.6 Å². The largest absolute Gasteiger partial charge is 0.457 e. The number of hydrogen-bond donors (Lipinski definition) is 2. The summed E-state index contributed by atoms with van der Waals surface area (Å²) < 4.78 is 12.0. The molecule has 0 saturated heterocycles. The molecule has 4 aromatic rings. The predicted molar refractivity (Wildman–Crippen MR) is 160 cm³/mol. The Morgan fingerprint density at radius 1 is 0.465 bits per heavy atom. The van der Waals surface area contributed by atoms with Gasteiger partial charge in [0.25, 0.3) is 23.6 Å². The zero-order chi connectivity index (χ0) is 30.1. The molecule has 2 aliphatic heterocycles. The van der Waals surface area contributed by atoms with Gasteiger partial charge >= 0.3 is 0 Å². The fourth-order valence-electron chi connectivity index (χ4n) is 4.98. The molecule has 4 amide bonds. The molecule has 0 radical (unpaired) electrons. The highest BCUT2D eigenvalue weighted by molar-refractivity contribution is 6.34. The van der Waals surface area contributed by atoms with E-state index in [9.17, 15) is 19.2 Å². The van der Waals surface area contributed by atoms with Gasteiger partial charge < -0.3 is 9.47 Å². The van der Waals surface area contributed by atoms with Crippen LogP contribution in [0, 0.1) is 0 Å². The number of rotatable bonds is 8. The van der Waals surface area contributed by atoms with Crippen molar-refractivity contribution in [1.82, 2.24) is 10.6 Å². The molecule has 0 aromatic heterocycles. The van der Waals surface area contributed by atoms with Crippen LogP contribution in [0.4, 0.5) is 0 Å². The molecule has 0 spiro atoms. The summed E-state index contributed by atoms with van der Waals surface area (Å²) in [6.45, 7) is 4.29. The van der Waals surface area contributed by atoms with Crippen LogP contribution in [-0.2, 0) is 24.6 Å². The summed E-state index contributed by atoms with van der Waals surface area (Å²) in [5.41, 5.74) is 3.89. The van der Waals surface area contributed by atoms with Crippen molar-refractivity contribution in [3.63, 3.8) is 0 Å². The standard InChI is InChI=1S/C35H26N2O6/c1-35(2,23-7-15-27(16-8-23)42-25-11-3-21(4-12-25)29-19-31(38)36-33(29)40)24-9-17-28(18-10-24)43-26-13-5-22(6-14-26)30-20-32(39)37-34(30)41/h3-20H,1-2H3,(H,36,38,40)(H,37,39,41). The van der Waals surface area contributed by atoms with Gasteiger partial charge in [-0.2, -0.15) is 0 Å². The molecule has 0 aliphatic carbocycles. The van der Waals surface area contributed by atoms with Crippen LogP contribution >= 0.6 is 0 Å². The van der Waals surface area contributed by atoms with Crippen LogP contribution in [0.2, 0.25) is 0 Å². The number of ether oxygens (including phenoxy) is 2. The van der Waals surface area contributed by atoms with Crippen LogP contribution in [-0.4, -0.2) is 23.6 Å². The van der Waals surface area contributed by atoms with Gasteiger partial charge in [-0.3, -0.25) is 29.8 Å². The summed E-state index contributed by atoms with van der Waals surface area (Å²) in [4.78, 5) is 46.6. The van der Waals surface area contributed by atoms with Crippen LogP contribution in [0.3, 0.4) is 0 Å². The Morgan fingerprint density at radius 2 is 0.767 bits per heavy atom. The number of imide groups is 2. The molecular formula is C35H26N2O6. The molecule has 0 unspecified atom stereocenters. The third-order valence-corrected chi connectivity index (χ3v) is 7.47. The van der Waals surface area contributed by atoms with Crippen molar-refractivity contribution in [2.24, 2.45) is 0 Å². The first kappa shape index (κ1) is 27.4. The Kier molecular flexibility index (Phi) is 6.95. The number of hydrogen-bond acceptors (Lipinski definition) is 6. The molecule has 0 atom stereocenters. The van der Waals surface area contributed by atoms with E-state index in [1.807, 2.05) is 48.5 Å². The third-order valence-electron chi connectivity index (χ3n) is 7.47. The van der Waals surface area contributed by atoms with Crippen molar-refractivity contribution < 1.29 is 28.7 Å². The van der Waals surface area contributed by atoms with E-state index in [-0.39, 0.29) is 5.41 Å². The highest BCUT2D eigenvalue weighted by Gasteiger charge is 2.25. The number of amides is 4. The van der Waals surface area contributed by atoms with Gasteiger partial charge in [0.1, 0.15) is 23.0 Å². The maximum absolute atomic E-state index is 11.9. The van der Waals surface area contributed by atoms with Gasteiger partial charge in [0.15, 0.2) is 0 Å². The highest BCUT2D eigenvalue weighted by atomic mass is 16.5. The van der Waals surface area contributed by atoms with Crippen molar-refractivity contribution in [3.05, 3.63) is 131 Å². The van der Waals surface area contributed by atoms with E-state index in [1.54, 1.807) is 48.5 Å². The van der Waals surface area contributed by atoms with Gasteiger partial charge in [-0.15, -0.1) is 0 Å². The van der Waals surface area contributed by atoms with E-state index in [0.29, 0.717) is 45.3 Å². The first-order valence-corrected chi connectivity index (χ1v) is 13.6.